The topological polar surface area (TPSA) is 47.6 Å². The maximum absolute atomic E-state index is 14.3. The standard InChI is InChI=1S/C20H27FN4O/c1-14(2)25(5)19-10-9-16(12-18(19)21)23-20(26)22-13-15-7-6-8-17(11-15)24(3)4/h6-12,14H,13H2,1-5H3,(H2,22,23,26). The van der Waals surface area contributed by atoms with E-state index < -0.39 is 0 Å². The molecule has 140 valence electrons. The number of amides is 2. The molecule has 0 aliphatic rings. The summed E-state index contributed by atoms with van der Waals surface area (Å²) in [7, 11) is 5.77. The molecule has 0 heterocycles. The molecular formula is C20H27FN4O. The number of urea groups is 1. The van der Waals surface area contributed by atoms with E-state index in [9.17, 15) is 9.18 Å². The summed E-state index contributed by atoms with van der Waals surface area (Å²) in [6.07, 6.45) is 0. The molecule has 2 rings (SSSR count). The predicted molar refractivity (Wildman–Crippen MR) is 107 cm³/mol. The second-order valence-electron chi connectivity index (χ2n) is 6.74. The lowest BCUT2D eigenvalue weighted by atomic mass is 10.2. The van der Waals surface area contributed by atoms with Gasteiger partial charge in [-0.3, -0.25) is 0 Å². The molecule has 0 atom stereocenters. The van der Waals surface area contributed by atoms with Gasteiger partial charge >= 0.3 is 6.03 Å². The van der Waals surface area contributed by atoms with Crippen molar-refractivity contribution in [3.8, 4) is 0 Å². The molecule has 26 heavy (non-hydrogen) atoms. The highest BCUT2D eigenvalue weighted by atomic mass is 19.1. The van der Waals surface area contributed by atoms with Gasteiger partial charge < -0.3 is 20.4 Å². The summed E-state index contributed by atoms with van der Waals surface area (Å²) in [6.45, 7) is 4.37. The van der Waals surface area contributed by atoms with Crippen molar-refractivity contribution in [1.29, 1.82) is 0 Å². The third-order valence-electron chi connectivity index (χ3n) is 4.24. The van der Waals surface area contributed by atoms with Crippen molar-refractivity contribution in [3.63, 3.8) is 0 Å². The molecule has 0 saturated carbocycles. The van der Waals surface area contributed by atoms with Crippen LogP contribution < -0.4 is 20.4 Å². The molecule has 5 nitrogen and oxygen atoms in total. The summed E-state index contributed by atoms with van der Waals surface area (Å²) in [4.78, 5) is 15.9. The first-order valence-electron chi connectivity index (χ1n) is 8.61. The van der Waals surface area contributed by atoms with Gasteiger partial charge in [-0.25, -0.2) is 9.18 Å². The number of carbonyl (C=O) groups excluding carboxylic acids is 1. The van der Waals surface area contributed by atoms with E-state index in [1.807, 2.05) is 69.1 Å². The highest BCUT2D eigenvalue weighted by Crippen LogP contribution is 2.23. The molecule has 0 saturated heterocycles. The Morgan fingerprint density at radius 2 is 1.85 bits per heavy atom. The number of anilines is 3. The molecule has 2 N–H and O–H groups in total. The fourth-order valence-corrected chi connectivity index (χ4v) is 2.45. The van der Waals surface area contributed by atoms with Gasteiger partial charge in [-0.2, -0.15) is 0 Å². The fraction of sp³-hybridized carbons (Fsp3) is 0.350. The molecule has 2 amide bonds. The van der Waals surface area contributed by atoms with Gasteiger partial charge in [0.25, 0.3) is 0 Å². The lowest BCUT2D eigenvalue weighted by Gasteiger charge is -2.24. The largest absolute Gasteiger partial charge is 0.378 e. The number of nitrogens with zero attached hydrogens (tertiary/aromatic N) is 2. The third kappa shape index (κ3) is 5.12. The van der Waals surface area contributed by atoms with Gasteiger partial charge in [-0.05, 0) is 49.7 Å². The van der Waals surface area contributed by atoms with Crippen molar-refractivity contribution in [1.82, 2.24) is 5.32 Å². The maximum Gasteiger partial charge on any atom is 0.319 e. The van der Waals surface area contributed by atoms with E-state index in [1.54, 1.807) is 12.1 Å². The molecule has 0 unspecified atom stereocenters. The van der Waals surface area contributed by atoms with Crippen LogP contribution in [0.3, 0.4) is 0 Å². The minimum Gasteiger partial charge on any atom is -0.378 e. The Balaban J connectivity index is 1.96. The summed E-state index contributed by atoms with van der Waals surface area (Å²) in [5.41, 5.74) is 2.98. The smallest absolute Gasteiger partial charge is 0.319 e. The minimum absolute atomic E-state index is 0.185. The van der Waals surface area contributed by atoms with Crippen LogP contribution in [0.4, 0.5) is 26.2 Å². The van der Waals surface area contributed by atoms with Crippen LogP contribution >= 0.6 is 0 Å². The summed E-state index contributed by atoms with van der Waals surface area (Å²) in [6, 6.07) is 12.4. The number of hydrogen-bond acceptors (Lipinski definition) is 3. The Hall–Kier alpha value is -2.76. The third-order valence-corrected chi connectivity index (χ3v) is 4.24. The Labute approximate surface area is 154 Å². The summed E-state index contributed by atoms with van der Waals surface area (Å²) in [5.74, 6) is -0.363. The molecular weight excluding hydrogens is 331 g/mol. The van der Waals surface area contributed by atoms with E-state index in [-0.39, 0.29) is 17.9 Å². The molecule has 0 bridgehead atoms. The monoisotopic (exact) mass is 358 g/mol. The SMILES string of the molecule is CC(C)N(C)c1ccc(NC(=O)NCc2cccc(N(C)C)c2)cc1F. The second-order valence-corrected chi connectivity index (χ2v) is 6.74. The van der Waals surface area contributed by atoms with Crippen LogP contribution in [0.2, 0.25) is 0 Å². The second kappa shape index (κ2) is 8.56. The van der Waals surface area contributed by atoms with Crippen molar-refractivity contribution >= 4 is 23.1 Å². The molecule has 0 radical (unpaired) electrons. The van der Waals surface area contributed by atoms with Crippen LogP contribution in [0.5, 0.6) is 0 Å². The first-order chi connectivity index (χ1) is 12.3. The average molecular weight is 358 g/mol. The van der Waals surface area contributed by atoms with Crippen molar-refractivity contribution in [2.75, 3.05) is 36.3 Å². The Kier molecular flexibility index (Phi) is 6.44. The maximum atomic E-state index is 14.3. The summed E-state index contributed by atoms with van der Waals surface area (Å²) >= 11 is 0. The van der Waals surface area contributed by atoms with E-state index in [0.29, 0.717) is 17.9 Å². The molecule has 0 fully saturated rings. The number of carbonyl (C=O) groups is 1. The minimum atomic E-state index is -0.371. The molecule has 0 spiro atoms. The zero-order valence-corrected chi connectivity index (χ0v) is 16.0. The van der Waals surface area contributed by atoms with Crippen molar-refractivity contribution < 1.29 is 9.18 Å². The van der Waals surface area contributed by atoms with Crippen molar-refractivity contribution in [2.45, 2.75) is 26.4 Å². The number of benzene rings is 2. The summed E-state index contributed by atoms with van der Waals surface area (Å²) in [5, 5.41) is 5.45. The predicted octanol–water partition coefficient (Wildman–Crippen LogP) is 4.06. The number of hydrogen-bond donors (Lipinski definition) is 2. The fourth-order valence-electron chi connectivity index (χ4n) is 2.45. The molecule has 0 aliphatic carbocycles. The molecule has 0 aliphatic heterocycles. The molecule has 0 aromatic heterocycles. The number of halogens is 1. The van der Waals surface area contributed by atoms with Crippen LogP contribution in [0, 0.1) is 5.82 Å². The average Bonchev–Trinajstić information content (AvgIpc) is 2.59. The van der Waals surface area contributed by atoms with Crippen LogP contribution in [0.25, 0.3) is 0 Å². The van der Waals surface area contributed by atoms with Gasteiger partial charge in [0.15, 0.2) is 0 Å². The zero-order valence-electron chi connectivity index (χ0n) is 16.0. The van der Waals surface area contributed by atoms with Gasteiger partial charge in [0.2, 0.25) is 0 Å². The van der Waals surface area contributed by atoms with Gasteiger partial charge in [-0.15, -0.1) is 0 Å². The Bertz CT molecular complexity index is 761. The summed E-state index contributed by atoms with van der Waals surface area (Å²) < 4.78 is 14.3. The van der Waals surface area contributed by atoms with E-state index in [4.69, 9.17) is 0 Å². The van der Waals surface area contributed by atoms with Gasteiger partial charge in [0, 0.05) is 45.1 Å². The normalized spacial score (nSPS) is 10.6. The number of rotatable bonds is 6. The molecule has 6 heteroatoms. The van der Waals surface area contributed by atoms with Gasteiger partial charge in [0.05, 0.1) is 5.69 Å². The zero-order chi connectivity index (χ0) is 19.3. The van der Waals surface area contributed by atoms with Gasteiger partial charge in [-0.1, -0.05) is 12.1 Å². The first-order valence-corrected chi connectivity index (χ1v) is 8.61. The van der Waals surface area contributed by atoms with Crippen LogP contribution in [-0.2, 0) is 6.54 Å². The van der Waals surface area contributed by atoms with E-state index in [2.05, 4.69) is 10.6 Å². The van der Waals surface area contributed by atoms with E-state index in [1.165, 1.54) is 6.07 Å². The highest BCUT2D eigenvalue weighted by Gasteiger charge is 2.12. The number of nitrogens with one attached hydrogen (secondary N) is 2. The van der Waals surface area contributed by atoms with E-state index >= 15 is 0 Å². The van der Waals surface area contributed by atoms with Crippen LogP contribution in [0.15, 0.2) is 42.5 Å². The van der Waals surface area contributed by atoms with Crippen LogP contribution in [-0.4, -0.2) is 33.2 Å². The first kappa shape index (κ1) is 19.6. The van der Waals surface area contributed by atoms with E-state index in [0.717, 1.165) is 11.3 Å². The highest BCUT2D eigenvalue weighted by molar-refractivity contribution is 5.89. The lowest BCUT2D eigenvalue weighted by molar-refractivity contribution is 0.251. The van der Waals surface area contributed by atoms with Crippen LogP contribution in [0.1, 0.15) is 19.4 Å². The van der Waals surface area contributed by atoms with Crippen molar-refractivity contribution in [3.05, 3.63) is 53.8 Å². The quantitative estimate of drug-likeness (QED) is 0.819. The lowest BCUT2D eigenvalue weighted by Crippen LogP contribution is -2.29. The molecule has 2 aromatic carbocycles. The van der Waals surface area contributed by atoms with Crippen molar-refractivity contribution in [2.24, 2.45) is 0 Å². The molecule has 2 aromatic rings. The Morgan fingerprint density at radius 1 is 1.12 bits per heavy atom. The van der Waals surface area contributed by atoms with Gasteiger partial charge in [0.1, 0.15) is 5.82 Å². The Morgan fingerprint density at radius 3 is 2.46 bits per heavy atom.